The topological polar surface area (TPSA) is 101 Å². The Bertz CT molecular complexity index is 983. The average molecular weight is 435 g/mol. The minimum Gasteiger partial charge on any atom is -0.444 e. The standard InChI is InChI=1S/C21H26N2O6S/c1-20(2,3)29-19(26)22-11-9-21(10-12-22)16(8-13-30(21,27)28)23-17(24)14-6-4-5-7-15(14)18(23)25/h4-7,16H,8-13H2,1-3H3. The Morgan fingerprint density at radius 1 is 1.07 bits per heavy atom. The third kappa shape index (κ3) is 3.10. The number of sulfone groups is 1. The Balaban J connectivity index is 1.61. The van der Waals surface area contributed by atoms with E-state index in [2.05, 4.69) is 0 Å². The molecule has 1 aromatic carbocycles. The number of hydrogen-bond donors (Lipinski definition) is 0. The van der Waals surface area contributed by atoms with Gasteiger partial charge in [0.1, 0.15) is 5.60 Å². The van der Waals surface area contributed by atoms with Crippen LogP contribution in [0.4, 0.5) is 4.79 Å². The summed E-state index contributed by atoms with van der Waals surface area (Å²) in [7, 11) is -3.54. The van der Waals surface area contributed by atoms with Crippen LogP contribution in [0.3, 0.4) is 0 Å². The zero-order valence-electron chi connectivity index (χ0n) is 17.4. The molecule has 9 heteroatoms. The smallest absolute Gasteiger partial charge is 0.410 e. The van der Waals surface area contributed by atoms with Crippen molar-refractivity contribution in [1.82, 2.24) is 9.80 Å². The molecule has 4 rings (SSSR count). The molecule has 0 N–H and O–H groups in total. The zero-order chi connectivity index (χ0) is 21.9. The van der Waals surface area contributed by atoms with Crippen LogP contribution in [0.1, 0.15) is 60.7 Å². The highest BCUT2D eigenvalue weighted by Gasteiger charge is 2.61. The molecule has 2 saturated heterocycles. The number of rotatable bonds is 1. The van der Waals surface area contributed by atoms with Gasteiger partial charge in [-0.3, -0.25) is 14.5 Å². The number of fused-ring (bicyclic) bond motifs is 1. The van der Waals surface area contributed by atoms with E-state index in [1.165, 1.54) is 4.90 Å². The molecule has 1 spiro atoms. The molecule has 0 aromatic heterocycles. The third-order valence-corrected chi connectivity index (χ3v) is 8.98. The maximum atomic E-state index is 13.1. The van der Waals surface area contributed by atoms with Crippen molar-refractivity contribution in [3.8, 4) is 0 Å². The fourth-order valence-electron chi connectivity index (χ4n) is 4.83. The molecular weight excluding hydrogens is 408 g/mol. The number of ether oxygens (including phenoxy) is 1. The van der Waals surface area contributed by atoms with E-state index in [0.29, 0.717) is 11.1 Å². The van der Waals surface area contributed by atoms with Gasteiger partial charge in [-0.2, -0.15) is 0 Å². The van der Waals surface area contributed by atoms with E-state index in [1.54, 1.807) is 45.0 Å². The van der Waals surface area contributed by atoms with Gasteiger partial charge in [0.25, 0.3) is 11.8 Å². The van der Waals surface area contributed by atoms with E-state index in [0.717, 1.165) is 4.90 Å². The largest absolute Gasteiger partial charge is 0.444 e. The van der Waals surface area contributed by atoms with Crippen molar-refractivity contribution in [3.05, 3.63) is 35.4 Å². The highest BCUT2D eigenvalue weighted by atomic mass is 32.2. The minimum absolute atomic E-state index is 0.0719. The van der Waals surface area contributed by atoms with Gasteiger partial charge in [0, 0.05) is 13.1 Å². The van der Waals surface area contributed by atoms with Gasteiger partial charge in [0.05, 0.1) is 27.7 Å². The number of hydrogen-bond acceptors (Lipinski definition) is 6. The quantitative estimate of drug-likeness (QED) is 0.629. The number of piperidine rings is 1. The molecule has 3 heterocycles. The lowest BCUT2D eigenvalue weighted by Crippen LogP contribution is -2.59. The lowest BCUT2D eigenvalue weighted by molar-refractivity contribution is 0.0155. The molecule has 2 fully saturated rings. The van der Waals surface area contributed by atoms with Crippen molar-refractivity contribution in [1.29, 1.82) is 0 Å². The Morgan fingerprint density at radius 2 is 1.60 bits per heavy atom. The van der Waals surface area contributed by atoms with E-state index in [-0.39, 0.29) is 38.1 Å². The van der Waals surface area contributed by atoms with Gasteiger partial charge in [-0.05, 0) is 52.2 Å². The first-order valence-electron chi connectivity index (χ1n) is 10.1. The molecule has 30 heavy (non-hydrogen) atoms. The predicted octanol–water partition coefficient (Wildman–Crippen LogP) is 2.24. The van der Waals surface area contributed by atoms with Gasteiger partial charge < -0.3 is 9.64 Å². The molecule has 1 aromatic rings. The number of nitrogens with zero attached hydrogens (tertiary/aromatic N) is 2. The fraction of sp³-hybridized carbons (Fsp3) is 0.571. The molecule has 3 aliphatic rings. The van der Waals surface area contributed by atoms with E-state index < -0.39 is 44.1 Å². The van der Waals surface area contributed by atoms with Gasteiger partial charge in [-0.25, -0.2) is 13.2 Å². The fourth-order valence-corrected chi connectivity index (χ4v) is 7.22. The summed E-state index contributed by atoms with van der Waals surface area (Å²) < 4.78 is 30.4. The Kier molecular flexibility index (Phi) is 4.72. The van der Waals surface area contributed by atoms with E-state index in [9.17, 15) is 22.8 Å². The highest BCUT2D eigenvalue weighted by molar-refractivity contribution is 7.93. The molecule has 0 radical (unpaired) electrons. The van der Waals surface area contributed by atoms with Crippen LogP contribution < -0.4 is 0 Å². The number of imide groups is 1. The number of likely N-dealkylation sites (tertiary alicyclic amines) is 1. The lowest BCUT2D eigenvalue weighted by Gasteiger charge is -2.43. The zero-order valence-corrected chi connectivity index (χ0v) is 18.2. The van der Waals surface area contributed by atoms with Crippen molar-refractivity contribution in [2.75, 3.05) is 18.8 Å². The van der Waals surface area contributed by atoms with Crippen LogP contribution in [0.5, 0.6) is 0 Å². The maximum Gasteiger partial charge on any atom is 0.410 e. The summed E-state index contributed by atoms with van der Waals surface area (Å²) in [5.74, 6) is -0.948. The second-order valence-electron chi connectivity index (χ2n) is 9.18. The molecule has 3 aliphatic heterocycles. The van der Waals surface area contributed by atoms with Crippen LogP contribution in [-0.4, -0.2) is 71.4 Å². The van der Waals surface area contributed by atoms with Crippen molar-refractivity contribution in [3.63, 3.8) is 0 Å². The molecule has 0 saturated carbocycles. The normalized spacial score (nSPS) is 25.0. The van der Waals surface area contributed by atoms with E-state index in [4.69, 9.17) is 4.74 Å². The SMILES string of the molecule is CC(C)(C)OC(=O)N1CCC2(CC1)C(N1C(=O)c3ccccc3C1=O)CCS2(=O)=O. The Morgan fingerprint density at radius 3 is 2.10 bits per heavy atom. The summed E-state index contributed by atoms with van der Waals surface area (Å²) in [5.41, 5.74) is -0.0183. The number of amides is 3. The van der Waals surface area contributed by atoms with Crippen molar-refractivity contribution < 1.29 is 27.5 Å². The van der Waals surface area contributed by atoms with E-state index >= 15 is 0 Å². The number of carbonyl (C=O) groups excluding carboxylic acids is 3. The van der Waals surface area contributed by atoms with Crippen LogP contribution in [-0.2, 0) is 14.6 Å². The van der Waals surface area contributed by atoms with Crippen LogP contribution in [0.2, 0.25) is 0 Å². The first-order valence-corrected chi connectivity index (χ1v) is 11.8. The van der Waals surface area contributed by atoms with Crippen LogP contribution in [0.25, 0.3) is 0 Å². The summed E-state index contributed by atoms with van der Waals surface area (Å²) in [6.07, 6.45) is 0.0875. The molecule has 162 valence electrons. The average Bonchev–Trinajstić information content (AvgIpc) is 3.06. The number of benzene rings is 1. The van der Waals surface area contributed by atoms with E-state index in [1.807, 2.05) is 0 Å². The first-order chi connectivity index (χ1) is 14.0. The van der Waals surface area contributed by atoms with Crippen molar-refractivity contribution in [2.45, 2.75) is 56.4 Å². The van der Waals surface area contributed by atoms with Gasteiger partial charge in [-0.1, -0.05) is 12.1 Å². The molecule has 1 unspecified atom stereocenters. The molecule has 3 amide bonds. The lowest BCUT2D eigenvalue weighted by atomic mass is 9.86. The molecule has 0 aliphatic carbocycles. The third-order valence-electron chi connectivity index (χ3n) is 6.29. The van der Waals surface area contributed by atoms with Crippen LogP contribution in [0.15, 0.2) is 24.3 Å². The second kappa shape index (κ2) is 6.80. The van der Waals surface area contributed by atoms with Gasteiger partial charge in [0.15, 0.2) is 9.84 Å². The summed E-state index contributed by atoms with van der Waals surface area (Å²) in [6.45, 7) is 5.73. The van der Waals surface area contributed by atoms with Gasteiger partial charge >= 0.3 is 6.09 Å². The van der Waals surface area contributed by atoms with Gasteiger partial charge in [-0.15, -0.1) is 0 Å². The molecule has 0 bridgehead atoms. The number of carbonyl (C=O) groups is 3. The van der Waals surface area contributed by atoms with Crippen LogP contribution >= 0.6 is 0 Å². The Labute approximate surface area is 176 Å². The molecule has 1 atom stereocenters. The summed E-state index contributed by atoms with van der Waals surface area (Å²) in [6, 6.07) is 5.84. The monoisotopic (exact) mass is 434 g/mol. The highest BCUT2D eigenvalue weighted by Crippen LogP contribution is 2.45. The molecular formula is C21H26N2O6S. The maximum absolute atomic E-state index is 13.1. The predicted molar refractivity (Wildman–Crippen MR) is 109 cm³/mol. The summed E-state index contributed by atoms with van der Waals surface area (Å²) >= 11 is 0. The van der Waals surface area contributed by atoms with Crippen molar-refractivity contribution >= 4 is 27.7 Å². The minimum atomic E-state index is -3.54. The summed E-state index contributed by atoms with van der Waals surface area (Å²) in [5, 5.41) is 0. The summed E-state index contributed by atoms with van der Waals surface area (Å²) in [4.78, 5) is 41.0. The molecule has 8 nitrogen and oxygen atoms in total. The van der Waals surface area contributed by atoms with Crippen LogP contribution in [0, 0.1) is 0 Å². The second-order valence-corrected chi connectivity index (χ2v) is 11.6. The van der Waals surface area contributed by atoms with Crippen molar-refractivity contribution in [2.24, 2.45) is 0 Å². The first kappa shape index (κ1) is 20.8. The van der Waals surface area contributed by atoms with Gasteiger partial charge in [0.2, 0.25) is 0 Å². The Hall–Kier alpha value is -2.42.